The predicted molar refractivity (Wildman–Crippen MR) is 115 cm³/mol. The van der Waals surface area contributed by atoms with Crippen molar-refractivity contribution >= 4 is 17.5 Å². The maximum Gasteiger partial charge on any atom is 0.418 e. The number of nitrogens with one attached hydrogen (secondary N) is 1. The minimum Gasteiger partial charge on any atom is -0.491 e. The molecule has 1 saturated heterocycles. The van der Waals surface area contributed by atoms with Crippen LogP contribution in [0.5, 0.6) is 5.75 Å². The van der Waals surface area contributed by atoms with Crippen molar-refractivity contribution in [3.8, 4) is 5.75 Å². The first-order valence-corrected chi connectivity index (χ1v) is 10.3. The van der Waals surface area contributed by atoms with Crippen molar-refractivity contribution in [3.05, 3.63) is 58.0 Å². The van der Waals surface area contributed by atoms with E-state index < -0.39 is 17.6 Å². The number of ether oxygens (including phenoxy) is 1. The van der Waals surface area contributed by atoms with Crippen molar-refractivity contribution in [3.63, 3.8) is 0 Å². The number of amides is 2. The van der Waals surface area contributed by atoms with Crippen molar-refractivity contribution in [2.24, 2.45) is 0 Å². The molecular weight excluding hydrogens is 441 g/mol. The van der Waals surface area contributed by atoms with E-state index in [1.807, 2.05) is 4.90 Å². The predicted octanol–water partition coefficient (Wildman–Crippen LogP) is 2.18. The molecule has 0 atom stereocenters. The van der Waals surface area contributed by atoms with Crippen molar-refractivity contribution in [2.45, 2.75) is 26.2 Å². The van der Waals surface area contributed by atoms with Crippen LogP contribution in [0.3, 0.4) is 0 Å². The fraction of sp³-hybridized carbons (Fsp3) is 0.409. The molecule has 1 aliphatic rings. The summed E-state index contributed by atoms with van der Waals surface area (Å²) in [6.45, 7) is 3.79. The van der Waals surface area contributed by atoms with Crippen LogP contribution in [0.25, 0.3) is 0 Å². The van der Waals surface area contributed by atoms with Gasteiger partial charge >= 0.3 is 6.18 Å². The van der Waals surface area contributed by atoms with Gasteiger partial charge in [0.25, 0.3) is 0 Å². The fourth-order valence-electron chi connectivity index (χ4n) is 3.66. The third kappa shape index (κ3) is 6.13. The van der Waals surface area contributed by atoms with Crippen LogP contribution in [-0.4, -0.2) is 59.5 Å². The van der Waals surface area contributed by atoms with Crippen LogP contribution in [0.4, 0.5) is 18.9 Å². The van der Waals surface area contributed by atoms with Crippen LogP contribution in [-0.2, 0) is 28.9 Å². The van der Waals surface area contributed by atoms with Gasteiger partial charge in [-0.3, -0.25) is 19.3 Å². The number of carbonyl (C=O) groups excluding carboxylic acids is 2. The number of benzene rings is 1. The molecule has 8 nitrogen and oxygen atoms in total. The van der Waals surface area contributed by atoms with E-state index in [1.165, 1.54) is 49.1 Å². The third-order valence-electron chi connectivity index (χ3n) is 5.43. The first-order valence-electron chi connectivity index (χ1n) is 10.3. The van der Waals surface area contributed by atoms with Crippen LogP contribution in [0.1, 0.15) is 18.2 Å². The Kier molecular flexibility index (Phi) is 7.42. The number of para-hydroxylation sites is 1. The van der Waals surface area contributed by atoms with E-state index in [4.69, 9.17) is 4.74 Å². The number of halogens is 3. The van der Waals surface area contributed by atoms with Gasteiger partial charge in [0.1, 0.15) is 6.54 Å². The quantitative estimate of drug-likeness (QED) is 0.706. The van der Waals surface area contributed by atoms with Gasteiger partial charge in [-0.2, -0.15) is 13.2 Å². The molecule has 1 aromatic heterocycles. The van der Waals surface area contributed by atoms with Crippen molar-refractivity contribution in [1.29, 1.82) is 0 Å². The molecule has 0 saturated carbocycles. The summed E-state index contributed by atoms with van der Waals surface area (Å²) >= 11 is 0. The van der Waals surface area contributed by atoms with E-state index in [0.717, 1.165) is 6.07 Å². The normalized spacial score (nSPS) is 14.8. The number of anilines is 1. The fourth-order valence-corrected chi connectivity index (χ4v) is 3.66. The summed E-state index contributed by atoms with van der Waals surface area (Å²) in [5.41, 5.74) is -1.14. The smallest absolute Gasteiger partial charge is 0.418 e. The molecular formula is C22H25F3N4O4. The second-order valence-electron chi connectivity index (χ2n) is 7.70. The van der Waals surface area contributed by atoms with Crippen molar-refractivity contribution < 1.29 is 27.5 Å². The van der Waals surface area contributed by atoms with Gasteiger partial charge in [0.2, 0.25) is 17.2 Å². The third-order valence-corrected chi connectivity index (χ3v) is 5.43. The SMILES string of the molecule is COc1cn(CC(=O)Nc2ccccc2C(F)(F)F)c(CN2CCN(C(C)=O)CC2)cc1=O. The summed E-state index contributed by atoms with van der Waals surface area (Å²) in [4.78, 5) is 40.2. The highest BCUT2D eigenvalue weighted by Crippen LogP contribution is 2.34. The Morgan fingerprint density at radius 3 is 2.39 bits per heavy atom. The van der Waals surface area contributed by atoms with Crippen LogP contribution < -0.4 is 15.5 Å². The topological polar surface area (TPSA) is 83.9 Å². The summed E-state index contributed by atoms with van der Waals surface area (Å²) in [5, 5.41) is 2.31. The maximum absolute atomic E-state index is 13.2. The Hall–Kier alpha value is -3.34. The average molecular weight is 466 g/mol. The maximum atomic E-state index is 13.2. The van der Waals surface area contributed by atoms with Gasteiger partial charge in [0.05, 0.1) is 24.6 Å². The van der Waals surface area contributed by atoms with Gasteiger partial charge < -0.3 is 19.5 Å². The molecule has 3 rings (SSSR count). The van der Waals surface area contributed by atoms with E-state index in [2.05, 4.69) is 5.32 Å². The molecule has 0 bridgehead atoms. The standard InChI is InChI=1S/C22H25F3N4O4/c1-15(30)28-9-7-27(8-10-28)12-16-11-19(31)20(33-2)13-29(16)14-21(32)26-18-6-4-3-5-17(18)22(23,24)25/h3-6,11,13H,7-10,12,14H2,1-2H3,(H,26,32). The number of carbonyl (C=O) groups is 2. The minimum absolute atomic E-state index is 0.00758. The number of aromatic nitrogens is 1. The van der Waals surface area contributed by atoms with Gasteiger partial charge in [0, 0.05) is 51.4 Å². The van der Waals surface area contributed by atoms with Gasteiger partial charge in [0.15, 0.2) is 5.75 Å². The van der Waals surface area contributed by atoms with Crippen LogP contribution in [0.2, 0.25) is 0 Å². The monoisotopic (exact) mass is 466 g/mol. The largest absolute Gasteiger partial charge is 0.491 e. The lowest BCUT2D eigenvalue weighted by Crippen LogP contribution is -2.47. The van der Waals surface area contributed by atoms with Crippen LogP contribution in [0.15, 0.2) is 41.3 Å². The summed E-state index contributed by atoms with van der Waals surface area (Å²) in [6.07, 6.45) is -3.24. The first kappa shape index (κ1) is 24.3. The number of rotatable bonds is 6. The van der Waals surface area contributed by atoms with E-state index in [1.54, 1.807) is 4.90 Å². The van der Waals surface area contributed by atoms with Crippen molar-refractivity contribution in [1.82, 2.24) is 14.4 Å². The van der Waals surface area contributed by atoms with Crippen LogP contribution >= 0.6 is 0 Å². The number of methoxy groups -OCH3 is 1. The number of hydrogen-bond acceptors (Lipinski definition) is 5. The number of piperazine rings is 1. The van der Waals surface area contributed by atoms with Gasteiger partial charge in [-0.15, -0.1) is 0 Å². The molecule has 33 heavy (non-hydrogen) atoms. The van der Waals surface area contributed by atoms with Gasteiger partial charge in [-0.25, -0.2) is 0 Å². The number of alkyl halides is 3. The highest BCUT2D eigenvalue weighted by Gasteiger charge is 2.33. The minimum atomic E-state index is -4.61. The number of hydrogen-bond donors (Lipinski definition) is 1. The lowest BCUT2D eigenvalue weighted by molar-refractivity contribution is -0.137. The van der Waals surface area contributed by atoms with Crippen LogP contribution in [0, 0.1) is 0 Å². The zero-order valence-electron chi connectivity index (χ0n) is 18.3. The lowest BCUT2D eigenvalue weighted by Gasteiger charge is -2.34. The first-order chi connectivity index (χ1) is 15.6. The Labute approximate surface area is 188 Å². The molecule has 0 radical (unpaired) electrons. The molecule has 0 unspecified atom stereocenters. The Morgan fingerprint density at radius 1 is 1.12 bits per heavy atom. The summed E-state index contributed by atoms with van der Waals surface area (Å²) < 4.78 is 46.3. The molecule has 2 aromatic rings. The molecule has 2 heterocycles. The molecule has 11 heteroatoms. The van der Waals surface area contributed by atoms with E-state index in [-0.39, 0.29) is 29.3 Å². The molecule has 1 aliphatic heterocycles. The molecule has 0 aliphatic carbocycles. The zero-order valence-corrected chi connectivity index (χ0v) is 18.3. The van der Waals surface area contributed by atoms with E-state index in [9.17, 15) is 27.6 Å². The molecule has 1 N–H and O–H groups in total. The van der Waals surface area contributed by atoms with E-state index in [0.29, 0.717) is 38.4 Å². The number of nitrogens with zero attached hydrogens (tertiary/aromatic N) is 3. The Morgan fingerprint density at radius 2 is 1.79 bits per heavy atom. The molecule has 0 spiro atoms. The summed E-state index contributed by atoms with van der Waals surface area (Å²) in [7, 11) is 1.32. The molecule has 1 fully saturated rings. The summed E-state index contributed by atoms with van der Waals surface area (Å²) in [6, 6.07) is 6.08. The highest BCUT2D eigenvalue weighted by molar-refractivity contribution is 5.91. The van der Waals surface area contributed by atoms with Gasteiger partial charge in [-0.1, -0.05) is 12.1 Å². The van der Waals surface area contributed by atoms with Gasteiger partial charge in [-0.05, 0) is 12.1 Å². The number of pyridine rings is 1. The highest BCUT2D eigenvalue weighted by atomic mass is 19.4. The zero-order chi connectivity index (χ0) is 24.2. The Balaban J connectivity index is 1.79. The van der Waals surface area contributed by atoms with Crippen molar-refractivity contribution in [2.75, 3.05) is 38.6 Å². The second-order valence-corrected chi connectivity index (χ2v) is 7.70. The van der Waals surface area contributed by atoms with E-state index >= 15 is 0 Å². The molecule has 178 valence electrons. The summed E-state index contributed by atoms with van der Waals surface area (Å²) in [5.74, 6) is -0.671. The molecule has 1 aromatic carbocycles. The second kappa shape index (κ2) is 10.1. The average Bonchev–Trinajstić information content (AvgIpc) is 2.75. The lowest BCUT2D eigenvalue weighted by atomic mass is 10.1. The Bertz CT molecular complexity index is 1080. The molecule has 2 amide bonds.